The van der Waals surface area contributed by atoms with Crippen LogP contribution in [0.25, 0.3) is 11.4 Å². The highest BCUT2D eigenvalue weighted by atomic mass is 32.2. The van der Waals surface area contributed by atoms with Crippen LogP contribution in [0.3, 0.4) is 0 Å². The van der Waals surface area contributed by atoms with Crippen LogP contribution in [0.15, 0.2) is 53.7 Å². The molecule has 0 amide bonds. The maximum Gasteiger partial charge on any atom is 0.191 e. The Labute approximate surface area is 183 Å². The number of thioether (sulfide) groups is 1. The molecule has 162 valence electrons. The fourth-order valence-electron chi connectivity index (χ4n) is 3.32. The lowest BCUT2D eigenvalue weighted by Crippen LogP contribution is -2.38. The van der Waals surface area contributed by atoms with Gasteiger partial charge >= 0.3 is 0 Å². The quantitative estimate of drug-likeness (QED) is 0.391. The van der Waals surface area contributed by atoms with Gasteiger partial charge in [-0.05, 0) is 48.5 Å². The lowest BCUT2D eigenvalue weighted by molar-refractivity contribution is 0.0361. The van der Waals surface area contributed by atoms with Gasteiger partial charge in [0, 0.05) is 37.3 Å². The second-order valence-electron chi connectivity index (χ2n) is 7.14. The number of aromatic nitrogens is 3. The van der Waals surface area contributed by atoms with E-state index < -0.39 is 0 Å². The number of ketones is 1. The van der Waals surface area contributed by atoms with E-state index in [-0.39, 0.29) is 23.2 Å². The van der Waals surface area contributed by atoms with Crippen LogP contribution in [-0.2, 0) is 11.3 Å². The summed E-state index contributed by atoms with van der Waals surface area (Å²) in [6.07, 6.45) is 0. The number of hydrogen-bond donors (Lipinski definition) is 0. The number of Topliss-reactive ketones (excluding diaryl/α,β-unsaturated/α-hetero) is 1. The first-order valence-corrected chi connectivity index (χ1v) is 11.0. The molecule has 0 spiro atoms. The number of benzene rings is 2. The lowest BCUT2D eigenvalue weighted by Gasteiger charge is -2.27. The van der Waals surface area contributed by atoms with E-state index >= 15 is 0 Å². The first-order chi connectivity index (χ1) is 15.1. The van der Waals surface area contributed by atoms with Gasteiger partial charge in [-0.1, -0.05) is 11.8 Å². The minimum Gasteiger partial charge on any atom is -0.379 e. The van der Waals surface area contributed by atoms with Crippen LogP contribution in [0.1, 0.15) is 10.4 Å². The summed E-state index contributed by atoms with van der Waals surface area (Å²) in [5, 5.41) is 9.21. The van der Waals surface area contributed by atoms with Gasteiger partial charge in [0.15, 0.2) is 16.8 Å². The number of carbonyl (C=O) groups is 1. The fraction of sp³-hybridized carbons (Fsp3) is 0.318. The van der Waals surface area contributed by atoms with E-state index in [4.69, 9.17) is 4.74 Å². The molecule has 2 heterocycles. The zero-order valence-corrected chi connectivity index (χ0v) is 17.7. The van der Waals surface area contributed by atoms with Crippen LogP contribution < -0.4 is 0 Å². The van der Waals surface area contributed by atoms with Crippen LogP contribution in [-0.4, -0.2) is 64.0 Å². The predicted octanol–water partition coefficient (Wildman–Crippen LogP) is 3.53. The Bertz CT molecular complexity index is 1020. The van der Waals surface area contributed by atoms with E-state index in [0.29, 0.717) is 36.3 Å². The highest BCUT2D eigenvalue weighted by Gasteiger charge is 2.18. The van der Waals surface area contributed by atoms with Crippen molar-refractivity contribution in [2.75, 3.05) is 38.6 Å². The Hall–Kier alpha value is -2.62. The van der Waals surface area contributed by atoms with E-state index in [9.17, 15) is 13.6 Å². The van der Waals surface area contributed by atoms with Crippen LogP contribution in [0, 0.1) is 11.6 Å². The Kier molecular flexibility index (Phi) is 7.06. The maximum atomic E-state index is 13.4. The van der Waals surface area contributed by atoms with Crippen molar-refractivity contribution in [3.8, 4) is 11.4 Å². The predicted molar refractivity (Wildman–Crippen MR) is 114 cm³/mol. The van der Waals surface area contributed by atoms with Gasteiger partial charge in [-0.15, -0.1) is 10.2 Å². The third-order valence-electron chi connectivity index (χ3n) is 5.06. The Morgan fingerprint density at radius 1 is 0.935 bits per heavy atom. The Morgan fingerprint density at radius 2 is 1.58 bits per heavy atom. The molecule has 0 radical (unpaired) electrons. The third kappa shape index (κ3) is 5.55. The average Bonchev–Trinajstić information content (AvgIpc) is 3.20. The normalized spacial score (nSPS) is 14.6. The molecule has 0 unspecified atom stereocenters. The molecular formula is C22H22F2N4O2S. The minimum atomic E-state index is -0.379. The van der Waals surface area contributed by atoms with Crippen molar-refractivity contribution in [3.63, 3.8) is 0 Å². The van der Waals surface area contributed by atoms with E-state index in [1.165, 1.54) is 48.2 Å². The highest BCUT2D eigenvalue weighted by Crippen LogP contribution is 2.25. The number of hydrogen-bond acceptors (Lipinski definition) is 6. The third-order valence-corrected chi connectivity index (χ3v) is 6.03. The molecule has 9 heteroatoms. The second-order valence-corrected chi connectivity index (χ2v) is 8.08. The maximum absolute atomic E-state index is 13.4. The van der Waals surface area contributed by atoms with Crippen LogP contribution in [0.2, 0.25) is 0 Å². The summed E-state index contributed by atoms with van der Waals surface area (Å²) in [4.78, 5) is 14.8. The van der Waals surface area contributed by atoms with E-state index in [1.807, 2.05) is 4.57 Å². The number of nitrogens with zero attached hydrogens (tertiary/aromatic N) is 4. The van der Waals surface area contributed by atoms with Gasteiger partial charge in [0.1, 0.15) is 11.6 Å². The molecular weight excluding hydrogens is 422 g/mol. The van der Waals surface area contributed by atoms with Crippen molar-refractivity contribution in [1.29, 1.82) is 0 Å². The summed E-state index contributed by atoms with van der Waals surface area (Å²) in [7, 11) is 0. The van der Waals surface area contributed by atoms with Crippen LogP contribution in [0.4, 0.5) is 8.78 Å². The number of morpholine rings is 1. The molecule has 0 saturated carbocycles. The van der Waals surface area contributed by atoms with E-state index in [0.717, 1.165) is 25.2 Å². The summed E-state index contributed by atoms with van der Waals surface area (Å²) >= 11 is 1.29. The summed E-state index contributed by atoms with van der Waals surface area (Å²) in [5.41, 5.74) is 1.21. The summed E-state index contributed by atoms with van der Waals surface area (Å²) in [5.74, 6) is -0.0234. The van der Waals surface area contributed by atoms with Crippen LogP contribution >= 0.6 is 11.8 Å². The molecule has 1 aliphatic heterocycles. The molecule has 1 fully saturated rings. The van der Waals surface area contributed by atoms with Crippen molar-refractivity contribution < 1.29 is 18.3 Å². The molecule has 0 atom stereocenters. The molecule has 2 aromatic carbocycles. The number of rotatable bonds is 8. The van der Waals surface area contributed by atoms with Gasteiger partial charge in [0.25, 0.3) is 0 Å². The molecule has 3 aromatic rings. The van der Waals surface area contributed by atoms with Gasteiger partial charge in [0.2, 0.25) is 0 Å². The lowest BCUT2D eigenvalue weighted by atomic mass is 10.1. The molecule has 0 bridgehead atoms. The summed E-state index contributed by atoms with van der Waals surface area (Å²) < 4.78 is 33.8. The second kappa shape index (κ2) is 10.1. The zero-order valence-electron chi connectivity index (χ0n) is 16.8. The first-order valence-electron chi connectivity index (χ1n) is 10.0. The monoisotopic (exact) mass is 444 g/mol. The molecule has 0 aliphatic carbocycles. The van der Waals surface area contributed by atoms with Crippen molar-refractivity contribution in [2.24, 2.45) is 0 Å². The number of ether oxygens (including phenoxy) is 1. The number of carbonyl (C=O) groups excluding carboxylic acids is 1. The summed E-state index contributed by atoms with van der Waals surface area (Å²) in [6.45, 7) is 4.56. The SMILES string of the molecule is O=C(CSc1nnc(-c2ccc(F)cc2)n1CCN1CCOCC1)c1ccc(F)cc1. The van der Waals surface area contributed by atoms with Crippen molar-refractivity contribution in [1.82, 2.24) is 19.7 Å². The van der Waals surface area contributed by atoms with Gasteiger partial charge in [-0.3, -0.25) is 9.69 Å². The van der Waals surface area contributed by atoms with Crippen molar-refractivity contribution >= 4 is 17.5 Å². The largest absolute Gasteiger partial charge is 0.379 e. The smallest absolute Gasteiger partial charge is 0.191 e. The minimum absolute atomic E-state index is 0.115. The molecule has 1 saturated heterocycles. The highest BCUT2D eigenvalue weighted by molar-refractivity contribution is 7.99. The van der Waals surface area contributed by atoms with E-state index in [2.05, 4.69) is 15.1 Å². The molecule has 6 nitrogen and oxygen atoms in total. The zero-order chi connectivity index (χ0) is 21.6. The molecule has 4 rings (SSSR count). The first kappa shape index (κ1) is 21.6. The van der Waals surface area contributed by atoms with Gasteiger partial charge < -0.3 is 9.30 Å². The van der Waals surface area contributed by atoms with Gasteiger partial charge in [-0.2, -0.15) is 0 Å². The van der Waals surface area contributed by atoms with E-state index in [1.54, 1.807) is 12.1 Å². The Morgan fingerprint density at radius 3 is 2.26 bits per heavy atom. The molecule has 1 aromatic heterocycles. The van der Waals surface area contributed by atoms with Crippen LogP contribution in [0.5, 0.6) is 0 Å². The average molecular weight is 445 g/mol. The number of halogens is 2. The van der Waals surface area contributed by atoms with Gasteiger partial charge in [0.05, 0.1) is 19.0 Å². The van der Waals surface area contributed by atoms with Gasteiger partial charge in [-0.25, -0.2) is 8.78 Å². The standard InChI is InChI=1S/C22H22F2N4O2S/c23-18-5-1-16(2-6-18)20(29)15-31-22-26-25-21(17-3-7-19(24)8-4-17)28(22)10-9-27-11-13-30-14-12-27/h1-8H,9-15H2. The summed E-state index contributed by atoms with van der Waals surface area (Å²) in [6, 6.07) is 11.6. The molecule has 31 heavy (non-hydrogen) atoms. The van der Waals surface area contributed by atoms with Crippen molar-refractivity contribution in [2.45, 2.75) is 11.7 Å². The topological polar surface area (TPSA) is 60.2 Å². The fourth-order valence-corrected chi connectivity index (χ4v) is 4.18. The van der Waals surface area contributed by atoms with Crippen molar-refractivity contribution in [3.05, 3.63) is 65.7 Å². The molecule has 0 N–H and O–H groups in total. The molecule has 1 aliphatic rings. The Balaban J connectivity index is 1.51.